The molecule has 4 heteroatoms. The van der Waals surface area contributed by atoms with Gasteiger partial charge in [-0.25, -0.2) is 4.39 Å². The van der Waals surface area contributed by atoms with Crippen LogP contribution in [0.2, 0.25) is 0 Å². The van der Waals surface area contributed by atoms with Crippen LogP contribution in [0.25, 0.3) is 0 Å². The molecule has 0 bridgehead atoms. The van der Waals surface area contributed by atoms with Crippen molar-refractivity contribution in [2.75, 3.05) is 5.73 Å². The van der Waals surface area contributed by atoms with Crippen molar-refractivity contribution in [1.82, 2.24) is 0 Å². The third-order valence-corrected chi connectivity index (χ3v) is 2.36. The van der Waals surface area contributed by atoms with Crippen molar-refractivity contribution in [1.29, 1.82) is 0 Å². The number of nitrogens with two attached hydrogens (primary N) is 1. The summed E-state index contributed by atoms with van der Waals surface area (Å²) in [5.74, 6) is -0.312. The van der Waals surface area contributed by atoms with Gasteiger partial charge in [0, 0.05) is 8.95 Å². The molecule has 0 aliphatic heterocycles. The second kappa shape index (κ2) is 2.88. The van der Waals surface area contributed by atoms with Crippen molar-refractivity contribution in [2.24, 2.45) is 0 Å². The van der Waals surface area contributed by atoms with E-state index in [0.717, 1.165) is 0 Å². The summed E-state index contributed by atoms with van der Waals surface area (Å²) >= 11 is 6.20. The molecule has 0 atom stereocenters. The van der Waals surface area contributed by atoms with Gasteiger partial charge in [-0.2, -0.15) is 0 Å². The summed E-state index contributed by atoms with van der Waals surface area (Å²) in [6.45, 7) is 0. The van der Waals surface area contributed by atoms with Crippen molar-refractivity contribution >= 4 is 37.5 Å². The fraction of sp³-hybridized carbons (Fsp3) is 0. The Morgan fingerprint density at radius 1 is 1.20 bits per heavy atom. The predicted molar refractivity (Wildman–Crippen MR) is 46.2 cm³/mol. The first-order chi connectivity index (χ1) is 4.61. The fourth-order valence-corrected chi connectivity index (χ4v) is 1.68. The third kappa shape index (κ3) is 1.49. The monoisotopic (exact) mass is 267 g/mol. The first-order valence-electron chi connectivity index (χ1n) is 2.51. The van der Waals surface area contributed by atoms with Crippen LogP contribution >= 0.6 is 31.9 Å². The van der Waals surface area contributed by atoms with Crippen molar-refractivity contribution < 1.29 is 4.39 Å². The van der Waals surface area contributed by atoms with Crippen LogP contribution in [0.15, 0.2) is 21.1 Å². The number of rotatable bonds is 0. The second-order valence-corrected chi connectivity index (χ2v) is 3.49. The van der Waals surface area contributed by atoms with E-state index in [0.29, 0.717) is 14.6 Å². The molecule has 0 fully saturated rings. The van der Waals surface area contributed by atoms with Gasteiger partial charge in [0.2, 0.25) is 0 Å². The van der Waals surface area contributed by atoms with Gasteiger partial charge >= 0.3 is 0 Å². The predicted octanol–water partition coefficient (Wildman–Crippen LogP) is 2.93. The molecule has 0 radical (unpaired) electrons. The molecular weight excluding hydrogens is 265 g/mol. The van der Waals surface area contributed by atoms with Crippen molar-refractivity contribution in [3.05, 3.63) is 26.9 Å². The minimum Gasteiger partial charge on any atom is -0.397 e. The molecule has 54 valence electrons. The highest BCUT2D eigenvalue weighted by molar-refractivity contribution is 9.11. The summed E-state index contributed by atoms with van der Waals surface area (Å²) in [5, 5.41) is 0. The average molecular weight is 269 g/mol. The van der Waals surface area contributed by atoms with Gasteiger partial charge in [0.25, 0.3) is 0 Å². The van der Waals surface area contributed by atoms with E-state index >= 15 is 0 Å². The Balaban J connectivity index is 3.31. The summed E-state index contributed by atoms with van der Waals surface area (Å²) in [5.41, 5.74) is 6.01. The zero-order valence-electron chi connectivity index (χ0n) is 4.87. The van der Waals surface area contributed by atoms with Gasteiger partial charge in [-0.05, 0) is 44.0 Å². The Bertz CT molecular complexity index is 239. The first kappa shape index (κ1) is 8.01. The molecule has 0 spiro atoms. The molecule has 0 amide bonds. The molecular formula is C6H4Br2FN. The summed E-state index contributed by atoms with van der Waals surface area (Å²) in [6, 6.07) is 2.64. The molecule has 0 saturated heterocycles. The van der Waals surface area contributed by atoms with Gasteiger partial charge in [-0.3, -0.25) is 0 Å². The van der Waals surface area contributed by atoms with E-state index < -0.39 is 0 Å². The molecule has 0 saturated carbocycles. The third-order valence-electron chi connectivity index (χ3n) is 1.04. The van der Waals surface area contributed by atoms with E-state index in [1.54, 1.807) is 0 Å². The number of hydrogen-bond donors (Lipinski definition) is 1. The molecule has 0 heterocycles. The Morgan fingerprint density at radius 3 is 2.00 bits per heavy atom. The van der Waals surface area contributed by atoms with Crippen LogP contribution in [-0.4, -0.2) is 0 Å². The quantitative estimate of drug-likeness (QED) is 0.720. The van der Waals surface area contributed by atoms with Crippen molar-refractivity contribution in [3.8, 4) is 0 Å². The van der Waals surface area contributed by atoms with Crippen LogP contribution in [0, 0.1) is 5.82 Å². The molecule has 2 N–H and O–H groups in total. The normalized spacial score (nSPS) is 9.90. The summed E-state index contributed by atoms with van der Waals surface area (Å²) < 4.78 is 13.6. The van der Waals surface area contributed by atoms with Crippen molar-refractivity contribution in [2.45, 2.75) is 0 Å². The first-order valence-corrected chi connectivity index (χ1v) is 4.10. The molecule has 0 aromatic heterocycles. The second-order valence-electron chi connectivity index (χ2n) is 1.78. The smallest absolute Gasteiger partial charge is 0.125 e. The Labute approximate surface area is 74.7 Å². The highest BCUT2D eigenvalue weighted by Crippen LogP contribution is 2.28. The van der Waals surface area contributed by atoms with Gasteiger partial charge in [-0.1, -0.05) is 0 Å². The lowest BCUT2D eigenvalue weighted by Crippen LogP contribution is -1.89. The van der Waals surface area contributed by atoms with E-state index in [1.165, 1.54) is 12.1 Å². The van der Waals surface area contributed by atoms with E-state index in [9.17, 15) is 4.39 Å². The van der Waals surface area contributed by atoms with E-state index in [2.05, 4.69) is 31.9 Å². The van der Waals surface area contributed by atoms with Crippen LogP contribution in [0.5, 0.6) is 0 Å². The maximum absolute atomic E-state index is 12.5. The Hall–Kier alpha value is -0.0900. The van der Waals surface area contributed by atoms with Gasteiger partial charge < -0.3 is 5.73 Å². The molecule has 1 nitrogen and oxygen atoms in total. The van der Waals surface area contributed by atoms with Crippen LogP contribution in [0.1, 0.15) is 0 Å². The van der Waals surface area contributed by atoms with E-state index in [1.807, 2.05) is 0 Å². The lowest BCUT2D eigenvalue weighted by atomic mass is 10.3. The minimum absolute atomic E-state index is 0.312. The molecule has 0 aliphatic rings. The average Bonchev–Trinajstić information content (AvgIpc) is 1.82. The molecule has 0 unspecified atom stereocenters. The van der Waals surface area contributed by atoms with Crippen LogP contribution < -0.4 is 5.73 Å². The van der Waals surface area contributed by atoms with Gasteiger partial charge in [0.05, 0.1) is 5.69 Å². The SMILES string of the molecule is Nc1c(Br)cc(F)cc1Br. The lowest BCUT2D eigenvalue weighted by molar-refractivity contribution is 0.626. The van der Waals surface area contributed by atoms with Gasteiger partial charge in [0.1, 0.15) is 5.82 Å². The van der Waals surface area contributed by atoms with Crippen LogP contribution in [-0.2, 0) is 0 Å². The van der Waals surface area contributed by atoms with Crippen LogP contribution in [0.4, 0.5) is 10.1 Å². The fourth-order valence-electron chi connectivity index (χ4n) is 0.553. The standard InChI is InChI=1S/C6H4Br2FN/c7-4-1-3(9)2-5(8)6(4)10/h1-2H,10H2. The van der Waals surface area contributed by atoms with Gasteiger partial charge in [0.15, 0.2) is 0 Å². The Kier molecular flexibility index (Phi) is 2.31. The summed E-state index contributed by atoms with van der Waals surface area (Å²) in [4.78, 5) is 0. The maximum Gasteiger partial charge on any atom is 0.125 e. The van der Waals surface area contributed by atoms with Crippen molar-refractivity contribution in [3.63, 3.8) is 0 Å². The van der Waals surface area contributed by atoms with E-state index in [4.69, 9.17) is 5.73 Å². The highest BCUT2D eigenvalue weighted by Gasteiger charge is 2.02. The molecule has 1 aromatic carbocycles. The maximum atomic E-state index is 12.5. The Morgan fingerprint density at radius 2 is 1.60 bits per heavy atom. The highest BCUT2D eigenvalue weighted by atomic mass is 79.9. The molecule has 1 rings (SSSR count). The summed E-state index contributed by atoms with van der Waals surface area (Å²) in [6.07, 6.45) is 0. The lowest BCUT2D eigenvalue weighted by Gasteiger charge is -1.99. The largest absolute Gasteiger partial charge is 0.397 e. The van der Waals surface area contributed by atoms with Gasteiger partial charge in [-0.15, -0.1) is 0 Å². The zero-order chi connectivity index (χ0) is 7.72. The summed E-state index contributed by atoms with van der Waals surface area (Å²) in [7, 11) is 0. The number of benzene rings is 1. The number of hydrogen-bond acceptors (Lipinski definition) is 1. The zero-order valence-corrected chi connectivity index (χ0v) is 8.04. The topological polar surface area (TPSA) is 26.0 Å². The van der Waals surface area contributed by atoms with E-state index in [-0.39, 0.29) is 5.82 Å². The number of halogens is 3. The van der Waals surface area contributed by atoms with Crippen LogP contribution in [0.3, 0.4) is 0 Å². The molecule has 1 aromatic rings. The minimum atomic E-state index is -0.312. The number of anilines is 1. The number of nitrogen functional groups attached to an aromatic ring is 1. The molecule has 10 heavy (non-hydrogen) atoms. The molecule has 0 aliphatic carbocycles.